The Labute approximate surface area is 102 Å². The average Bonchev–Trinajstić information content (AvgIpc) is 2.52. The van der Waals surface area contributed by atoms with E-state index in [0.29, 0.717) is 0 Å². The highest BCUT2D eigenvalue weighted by Crippen LogP contribution is 2.30. The lowest BCUT2D eigenvalue weighted by atomic mass is 10.1. The number of halogens is 1. The lowest BCUT2D eigenvalue weighted by molar-refractivity contribution is -0.122. The highest BCUT2D eigenvalue weighted by Gasteiger charge is 2.38. The molecule has 0 bridgehead atoms. The Hall–Kier alpha value is -2.24. The van der Waals surface area contributed by atoms with Gasteiger partial charge in [-0.15, -0.1) is 0 Å². The van der Waals surface area contributed by atoms with Crippen molar-refractivity contribution in [2.75, 3.05) is 4.90 Å². The molecule has 1 unspecified atom stereocenters. The van der Waals surface area contributed by atoms with Gasteiger partial charge in [-0.25, -0.2) is 14.1 Å². The number of anilines is 1. The standard InChI is InChI=1S/C12H10FNO4/c1-6-5-9(15)14(11(6)16)8-4-2-3-7(13)10(8)12(17)18/h2-4,6H,5H2,1H3,(H,17,18). The second kappa shape index (κ2) is 4.21. The molecule has 0 aromatic heterocycles. The maximum absolute atomic E-state index is 13.5. The number of carbonyl (C=O) groups is 3. The summed E-state index contributed by atoms with van der Waals surface area (Å²) in [6.07, 6.45) is 0.00834. The summed E-state index contributed by atoms with van der Waals surface area (Å²) >= 11 is 0. The van der Waals surface area contributed by atoms with Gasteiger partial charge in [0.1, 0.15) is 11.4 Å². The first kappa shape index (κ1) is 12.2. The van der Waals surface area contributed by atoms with Crippen molar-refractivity contribution < 1.29 is 23.9 Å². The second-order valence-corrected chi connectivity index (χ2v) is 4.11. The number of carbonyl (C=O) groups excluding carboxylic acids is 2. The molecule has 1 saturated heterocycles. The third-order valence-corrected chi connectivity index (χ3v) is 2.82. The lowest BCUT2D eigenvalue weighted by Gasteiger charge is -2.17. The van der Waals surface area contributed by atoms with Crippen LogP contribution in [0, 0.1) is 11.7 Å². The van der Waals surface area contributed by atoms with Crippen molar-refractivity contribution in [2.45, 2.75) is 13.3 Å². The molecule has 0 spiro atoms. The van der Waals surface area contributed by atoms with Crippen LogP contribution in [0.25, 0.3) is 0 Å². The van der Waals surface area contributed by atoms with Crippen LogP contribution in [-0.4, -0.2) is 22.9 Å². The Morgan fingerprint density at radius 2 is 2.11 bits per heavy atom. The van der Waals surface area contributed by atoms with E-state index >= 15 is 0 Å². The van der Waals surface area contributed by atoms with E-state index in [4.69, 9.17) is 5.11 Å². The molecule has 18 heavy (non-hydrogen) atoms. The Balaban J connectivity index is 2.59. The number of hydrogen-bond donors (Lipinski definition) is 1. The third kappa shape index (κ3) is 1.75. The molecule has 1 fully saturated rings. The highest BCUT2D eigenvalue weighted by molar-refractivity contribution is 6.22. The van der Waals surface area contributed by atoms with E-state index in [1.54, 1.807) is 6.92 Å². The number of rotatable bonds is 2. The van der Waals surface area contributed by atoms with Crippen LogP contribution in [0.2, 0.25) is 0 Å². The Kier molecular flexibility index (Phi) is 2.86. The van der Waals surface area contributed by atoms with Gasteiger partial charge in [-0.2, -0.15) is 0 Å². The molecule has 1 heterocycles. The van der Waals surface area contributed by atoms with Crippen molar-refractivity contribution in [1.29, 1.82) is 0 Å². The van der Waals surface area contributed by atoms with Crippen LogP contribution in [0.5, 0.6) is 0 Å². The van der Waals surface area contributed by atoms with Crippen LogP contribution in [0.4, 0.5) is 10.1 Å². The third-order valence-electron chi connectivity index (χ3n) is 2.82. The van der Waals surface area contributed by atoms with Crippen LogP contribution in [-0.2, 0) is 9.59 Å². The van der Waals surface area contributed by atoms with Crippen molar-refractivity contribution in [3.63, 3.8) is 0 Å². The molecule has 6 heteroatoms. The molecule has 0 aliphatic carbocycles. The fourth-order valence-corrected chi connectivity index (χ4v) is 1.95. The van der Waals surface area contributed by atoms with Gasteiger partial charge in [0.2, 0.25) is 11.8 Å². The van der Waals surface area contributed by atoms with Crippen molar-refractivity contribution in [3.05, 3.63) is 29.6 Å². The van der Waals surface area contributed by atoms with Crippen LogP contribution < -0.4 is 4.90 Å². The van der Waals surface area contributed by atoms with Gasteiger partial charge in [0.25, 0.3) is 0 Å². The van der Waals surface area contributed by atoms with Gasteiger partial charge in [-0.3, -0.25) is 9.59 Å². The molecule has 1 aromatic rings. The SMILES string of the molecule is CC1CC(=O)N(c2cccc(F)c2C(=O)O)C1=O. The largest absolute Gasteiger partial charge is 0.478 e. The first-order chi connectivity index (χ1) is 8.43. The van der Waals surface area contributed by atoms with E-state index in [9.17, 15) is 18.8 Å². The molecule has 1 atom stereocenters. The minimum Gasteiger partial charge on any atom is -0.478 e. The molecule has 2 rings (SSSR count). The summed E-state index contributed by atoms with van der Waals surface area (Å²) in [6.45, 7) is 1.57. The average molecular weight is 251 g/mol. The molecule has 5 nitrogen and oxygen atoms in total. The molecule has 1 N–H and O–H groups in total. The lowest BCUT2D eigenvalue weighted by Crippen LogP contribution is -2.31. The molecule has 1 aliphatic rings. The number of nitrogens with zero attached hydrogens (tertiary/aromatic N) is 1. The highest BCUT2D eigenvalue weighted by atomic mass is 19.1. The fraction of sp³-hybridized carbons (Fsp3) is 0.250. The number of hydrogen-bond acceptors (Lipinski definition) is 3. The van der Waals surface area contributed by atoms with Crippen molar-refractivity contribution in [1.82, 2.24) is 0 Å². The van der Waals surface area contributed by atoms with E-state index in [1.165, 1.54) is 12.1 Å². The Morgan fingerprint density at radius 3 is 2.61 bits per heavy atom. The fourth-order valence-electron chi connectivity index (χ4n) is 1.95. The summed E-state index contributed by atoms with van der Waals surface area (Å²) in [6, 6.07) is 3.49. The van der Waals surface area contributed by atoms with Crippen molar-refractivity contribution in [3.8, 4) is 0 Å². The van der Waals surface area contributed by atoms with Gasteiger partial charge in [-0.05, 0) is 12.1 Å². The summed E-state index contributed by atoms with van der Waals surface area (Å²) in [5, 5.41) is 8.96. The zero-order chi connectivity index (χ0) is 13.4. The minimum atomic E-state index is -1.51. The van der Waals surface area contributed by atoms with Crippen LogP contribution in [0.3, 0.4) is 0 Å². The maximum Gasteiger partial charge on any atom is 0.340 e. The van der Waals surface area contributed by atoms with Gasteiger partial charge in [-0.1, -0.05) is 13.0 Å². The molecule has 2 amide bonds. The van der Waals surface area contributed by atoms with E-state index in [-0.39, 0.29) is 12.1 Å². The van der Waals surface area contributed by atoms with E-state index < -0.39 is 35.1 Å². The van der Waals surface area contributed by atoms with Crippen LogP contribution in [0.15, 0.2) is 18.2 Å². The Morgan fingerprint density at radius 1 is 1.44 bits per heavy atom. The first-order valence-corrected chi connectivity index (χ1v) is 5.32. The second-order valence-electron chi connectivity index (χ2n) is 4.11. The van der Waals surface area contributed by atoms with Crippen molar-refractivity contribution >= 4 is 23.5 Å². The minimum absolute atomic E-state index is 0.00834. The number of benzene rings is 1. The summed E-state index contributed by atoms with van der Waals surface area (Å²) in [5.74, 6) is -4.01. The predicted molar refractivity (Wildman–Crippen MR) is 59.6 cm³/mol. The molecule has 0 radical (unpaired) electrons. The molecule has 1 aromatic carbocycles. The van der Waals surface area contributed by atoms with Gasteiger partial charge in [0, 0.05) is 12.3 Å². The summed E-state index contributed by atoms with van der Waals surface area (Å²) in [4.78, 5) is 35.2. The Bertz CT molecular complexity index is 555. The molecular formula is C12H10FNO4. The topological polar surface area (TPSA) is 74.7 Å². The molecule has 1 aliphatic heterocycles. The van der Waals surface area contributed by atoms with E-state index in [0.717, 1.165) is 11.0 Å². The normalized spacial score (nSPS) is 19.4. The molecule has 94 valence electrons. The van der Waals surface area contributed by atoms with Gasteiger partial charge in [0.15, 0.2) is 0 Å². The predicted octanol–water partition coefficient (Wildman–Crippen LogP) is 1.42. The van der Waals surface area contributed by atoms with Crippen LogP contribution >= 0.6 is 0 Å². The smallest absolute Gasteiger partial charge is 0.340 e. The van der Waals surface area contributed by atoms with Gasteiger partial charge in [0.05, 0.1) is 5.69 Å². The van der Waals surface area contributed by atoms with Gasteiger partial charge >= 0.3 is 5.97 Å². The summed E-state index contributed by atoms with van der Waals surface area (Å²) < 4.78 is 13.5. The molecule has 0 saturated carbocycles. The number of carboxylic acid groups (broad SMARTS) is 1. The summed E-state index contributed by atoms with van der Waals surface area (Å²) in [5.41, 5.74) is -0.866. The van der Waals surface area contributed by atoms with Gasteiger partial charge < -0.3 is 5.11 Å². The zero-order valence-electron chi connectivity index (χ0n) is 9.51. The van der Waals surface area contributed by atoms with E-state index in [2.05, 4.69) is 0 Å². The number of amides is 2. The number of aromatic carboxylic acids is 1. The quantitative estimate of drug-likeness (QED) is 0.807. The number of imide groups is 1. The monoisotopic (exact) mass is 251 g/mol. The molecular weight excluding hydrogens is 241 g/mol. The zero-order valence-corrected chi connectivity index (χ0v) is 9.51. The van der Waals surface area contributed by atoms with E-state index in [1.807, 2.05) is 0 Å². The first-order valence-electron chi connectivity index (χ1n) is 5.32. The summed E-state index contributed by atoms with van der Waals surface area (Å²) in [7, 11) is 0. The number of carboxylic acids is 1. The maximum atomic E-state index is 13.5. The van der Waals surface area contributed by atoms with Crippen molar-refractivity contribution in [2.24, 2.45) is 5.92 Å². The van der Waals surface area contributed by atoms with Crippen LogP contribution in [0.1, 0.15) is 23.7 Å².